The molecular formula is C16H21N3O2. The molecule has 2 N–H and O–H groups in total. The van der Waals surface area contributed by atoms with Gasteiger partial charge in [0, 0.05) is 11.6 Å². The molecule has 1 saturated carbocycles. The molecule has 2 unspecified atom stereocenters. The Bertz CT molecular complexity index is 597. The lowest BCUT2D eigenvalue weighted by molar-refractivity contribution is 0.290. The van der Waals surface area contributed by atoms with Gasteiger partial charge in [-0.25, -0.2) is 0 Å². The second kappa shape index (κ2) is 6.26. The van der Waals surface area contributed by atoms with Crippen LogP contribution < -0.4 is 10.5 Å². The Morgan fingerprint density at radius 2 is 2.19 bits per heavy atom. The van der Waals surface area contributed by atoms with Crippen molar-refractivity contribution < 1.29 is 9.26 Å². The lowest BCUT2D eigenvalue weighted by Gasteiger charge is -2.25. The number of hydrogen-bond donors (Lipinski definition) is 1. The summed E-state index contributed by atoms with van der Waals surface area (Å²) in [6.45, 7) is 2.60. The molecule has 2 aromatic rings. The van der Waals surface area contributed by atoms with E-state index < -0.39 is 0 Å². The molecule has 112 valence electrons. The average molecular weight is 287 g/mol. The molecule has 1 heterocycles. The third kappa shape index (κ3) is 3.08. The number of hydrogen-bond acceptors (Lipinski definition) is 5. The Balaban J connectivity index is 1.82. The van der Waals surface area contributed by atoms with Gasteiger partial charge in [0.25, 0.3) is 0 Å². The third-order valence-corrected chi connectivity index (χ3v) is 3.98. The van der Waals surface area contributed by atoms with Crippen LogP contribution in [-0.4, -0.2) is 22.8 Å². The molecule has 5 heteroatoms. The fraction of sp³-hybridized carbons (Fsp3) is 0.500. The van der Waals surface area contributed by atoms with E-state index in [1.807, 2.05) is 31.2 Å². The Hall–Kier alpha value is -1.88. The van der Waals surface area contributed by atoms with E-state index in [4.69, 9.17) is 15.0 Å². The van der Waals surface area contributed by atoms with Gasteiger partial charge in [0.05, 0.1) is 12.5 Å². The fourth-order valence-electron chi connectivity index (χ4n) is 2.86. The highest BCUT2D eigenvalue weighted by Crippen LogP contribution is 2.32. The number of rotatable bonds is 4. The summed E-state index contributed by atoms with van der Waals surface area (Å²) in [5, 5.41) is 4.10. The van der Waals surface area contributed by atoms with Crippen molar-refractivity contribution in [1.82, 2.24) is 10.1 Å². The van der Waals surface area contributed by atoms with Gasteiger partial charge < -0.3 is 15.0 Å². The van der Waals surface area contributed by atoms with Crippen molar-refractivity contribution in [1.29, 1.82) is 0 Å². The fourth-order valence-corrected chi connectivity index (χ4v) is 2.86. The summed E-state index contributed by atoms with van der Waals surface area (Å²) in [6, 6.07) is 7.87. The largest absolute Gasteiger partial charge is 0.494 e. The molecule has 1 aliphatic rings. The van der Waals surface area contributed by atoms with E-state index in [0.717, 1.165) is 24.2 Å². The van der Waals surface area contributed by atoms with Crippen LogP contribution in [0.3, 0.4) is 0 Å². The van der Waals surface area contributed by atoms with Crippen LogP contribution in [0.1, 0.15) is 44.4 Å². The van der Waals surface area contributed by atoms with E-state index in [1.165, 1.54) is 12.8 Å². The topological polar surface area (TPSA) is 74.2 Å². The van der Waals surface area contributed by atoms with Gasteiger partial charge in [-0.2, -0.15) is 4.98 Å². The summed E-state index contributed by atoms with van der Waals surface area (Å²) in [5.41, 5.74) is 7.08. The summed E-state index contributed by atoms with van der Waals surface area (Å²) in [6.07, 6.45) is 4.43. The third-order valence-electron chi connectivity index (χ3n) is 3.98. The van der Waals surface area contributed by atoms with E-state index in [2.05, 4.69) is 10.1 Å². The highest BCUT2D eigenvalue weighted by Gasteiger charge is 2.28. The summed E-state index contributed by atoms with van der Waals surface area (Å²) in [5.74, 6) is 2.27. The molecule has 0 saturated heterocycles. The molecular weight excluding hydrogens is 266 g/mol. The second-order valence-corrected chi connectivity index (χ2v) is 5.47. The zero-order chi connectivity index (χ0) is 14.7. The van der Waals surface area contributed by atoms with E-state index in [-0.39, 0.29) is 12.0 Å². The first kappa shape index (κ1) is 14.1. The van der Waals surface area contributed by atoms with Gasteiger partial charge in [-0.3, -0.25) is 0 Å². The van der Waals surface area contributed by atoms with Crippen LogP contribution in [0.5, 0.6) is 5.75 Å². The van der Waals surface area contributed by atoms with Gasteiger partial charge >= 0.3 is 0 Å². The number of ether oxygens (including phenoxy) is 1. The highest BCUT2D eigenvalue weighted by molar-refractivity contribution is 5.56. The zero-order valence-corrected chi connectivity index (χ0v) is 12.3. The summed E-state index contributed by atoms with van der Waals surface area (Å²) >= 11 is 0. The first-order valence-electron chi connectivity index (χ1n) is 7.60. The van der Waals surface area contributed by atoms with Gasteiger partial charge in [0.1, 0.15) is 5.75 Å². The second-order valence-electron chi connectivity index (χ2n) is 5.47. The van der Waals surface area contributed by atoms with E-state index in [1.54, 1.807) is 0 Å². The Morgan fingerprint density at radius 3 is 3.00 bits per heavy atom. The van der Waals surface area contributed by atoms with Gasteiger partial charge in [0.2, 0.25) is 11.7 Å². The number of nitrogens with zero attached hydrogens (tertiary/aromatic N) is 2. The molecule has 3 rings (SSSR count). The first-order chi connectivity index (χ1) is 10.3. The molecule has 1 fully saturated rings. The van der Waals surface area contributed by atoms with E-state index in [9.17, 15) is 0 Å². The molecule has 5 nitrogen and oxygen atoms in total. The Labute approximate surface area is 124 Å². The van der Waals surface area contributed by atoms with E-state index >= 15 is 0 Å². The molecule has 2 atom stereocenters. The van der Waals surface area contributed by atoms with Crippen molar-refractivity contribution in [3.05, 3.63) is 30.2 Å². The van der Waals surface area contributed by atoms with Crippen LogP contribution >= 0.6 is 0 Å². The Morgan fingerprint density at radius 1 is 1.33 bits per heavy atom. The molecule has 0 amide bonds. The predicted molar refractivity (Wildman–Crippen MR) is 80.1 cm³/mol. The van der Waals surface area contributed by atoms with Crippen molar-refractivity contribution in [3.8, 4) is 17.1 Å². The molecule has 0 radical (unpaired) electrons. The normalized spacial score (nSPS) is 22.2. The van der Waals surface area contributed by atoms with Crippen molar-refractivity contribution in [2.45, 2.75) is 44.6 Å². The highest BCUT2D eigenvalue weighted by atomic mass is 16.5. The monoisotopic (exact) mass is 287 g/mol. The smallest absolute Gasteiger partial charge is 0.231 e. The standard InChI is InChI=1S/C16H21N3O2/c1-2-20-12-7-5-6-11(10-12)15-18-16(21-19-15)13-8-3-4-9-14(13)17/h5-7,10,13-14H,2-4,8-9,17H2,1H3. The molecule has 21 heavy (non-hydrogen) atoms. The maximum atomic E-state index is 6.17. The number of aromatic nitrogens is 2. The van der Waals surface area contributed by atoms with Crippen molar-refractivity contribution in [2.75, 3.05) is 6.61 Å². The van der Waals surface area contributed by atoms with Crippen molar-refractivity contribution in [2.24, 2.45) is 5.73 Å². The quantitative estimate of drug-likeness (QED) is 0.935. The van der Waals surface area contributed by atoms with Crippen LogP contribution in [0, 0.1) is 0 Å². The minimum Gasteiger partial charge on any atom is -0.494 e. The summed E-state index contributed by atoms with van der Waals surface area (Å²) in [7, 11) is 0. The van der Waals surface area contributed by atoms with Crippen molar-refractivity contribution >= 4 is 0 Å². The molecule has 1 aromatic carbocycles. The maximum Gasteiger partial charge on any atom is 0.231 e. The lowest BCUT2D eigenvalue weighted by Crippen LogP contribution is -2.31. The first-order valence-corrected chi connectivity index (χ1v) is 7.60. The number of benzene rings is 1. The van der Waals surface area contributed by atoms with Crippen LogP contribution in [0.15, 0.2) is 28.8 Å². The van der Waals surface area contributed by atoms with E-state index in [0.29, 0.717) is 18.3 Å². The lowest BCUT2D eigenvalue weighted by atomic mass is 9.85. The molecule has 0 spiro atoms. The van der Waals surface area contributed by atoms with Crippen LogP contribution in [0.2, 0.25) is 0 Å². The summed E-state index contributed by atoms with van der Waals surface area (Å²) < 4.78 is 10.9. The molecule has 0 aliphatic heterocycles. The van der Waals surface area contributed by atoms with Crippen LogP contribution in [0.4, 0.5) is 0 Å². The Kier molecular flexibility index (Phi) is 4.20. The van der Waals surface area contributed by atoms with Crippen molar-refractivity contribution in [3.63, 3.8) is 0 Å². The minimum atomic E-state index is 0.127. The summed E-state index contributed by atoms with van der Waals surface area (Å²) in [4.78, 5) is 4.54. The van der Waals surface area contributed by atoms with Gasteiger partial charge in [-0.05, 0) is 31.9 Å². The predicted octanol–water partition coefficient (Wildman–Crippen LogP) is 3.12. The zero-order valence-electron chi connectivity index (χ0n) is 12.3. The molecule has 1 aromatic heterocycles. The van der Waals surface area contributed by atoms with Gasteiger partial charge in [-0.15, -0.1) is 0 Å². The molecule has 1 aliphatic carbocycles. The van der Waals surface area contributed by atoms with Gasteiger partial charge in [0.15, 0.2) is 0 Å². The van der Waals surface area contributed by atoms with Crippen LogP contribution in [-0.2, 0) is 0 Å². The SMILES string of the molecule is CCOc1cccc(-c2noc(C3CCCCC3N)n2)c1. The minimum absolute atomic E-state index is 0.127. The number of nitrogens with two attached hydrogens (primary N) is 1. The maximum absolute atomic E-state index is 6.17. The molecule has 0 bridgehead atoms. The average Bonchev–Trinajstić information content (AvgIpc) is 2.98. The van der Waals surface area contributed by atoms with Gasteiger partial charge in [-0.1, -0.05) is 30.1 Å². The van der Waals surface area contributed by atoms with Crippen LogP contribution in [0.25, 0.3) is 11.4 Å².